The van der Waals surface area contributed by atoms with Crippen LogP contribution in [-0.2, 0) is 19.1 Å². The van der Waals surface area contributed by atoms with Crippen molar-refractivity contribution in [2.24, 2.45) is 0 Å². The van der Waals surface area contributed by atoms with E-state index in [4.69, 9.17) is 9.47 Å². The predicted octanol–water partition coefficient (Wildman–Crippen LogP) is 1.41. The predicted molar refractivity (Wildman–Crippen MR) is 62.2 cm³/mol. The monoisotopic (exact) mass is 268 g/mol. The lowest BCUT2D eigenvalue weighted by Crippen LogP contribution is -2.15. The molecule has 19 heavy (non-hydrogen) atoms. The second-order valence-electron chi connectivity index (χ2n) is 4.06. The Kier molecular flexibility index (Phi) is 3.99. The first-order valence-corrected chi connectivity index (χ1v) is 5.77. The Morgan fingerprint density at radius 3 is 2.95 bits per heavy atom. The van der Waals surface area contributed by atoms with Gasteiger partial charge >= 0.3 is 11.9 Å². The molecule has 1 unspecified atom stereocenters. The highest BCUT2D eigenvalue weighted by molar-refractivity contribution is 5.81. The molecule has 0 spiro atoms. The fourth-order valence-electron chi connectivity index (χ4n) is 1.90. The number of carbonyl (C=O) groups is 2. The molecule has 102 valence electrons. The number of hydrogen-bond donors (Lipinski definition) is 0. The number of rotatable bonds is 4. The van der Waals surface area contributed by atoms with Crippen LogP contribution in [0.4, 0.5) is 4.39 Å². The molecule has 1 heterocycles. The van der Waals surface area contributed by atoms with Crippen LogP contribution in [0.1, 0.15) is 17.9 Å². The number of hydrogen-bond acceptors (Lipinski definition) is 5. The van der Waals surface area contributed by atoms with Crippen LogP contribution >= 0.6 is 0 Å². The maximum absolute atomic E-state index is 13.3. The number of esters is 2. The van der Waals surface area contributed by atoms with Gasteiger partial charge in [0.1, 0.15) is 11.6 Å². The number of halogens is 1. The van der Waals surface area contributed by atoms with Gasteiger partial charge in [0, 0.05) is 5.56 Å². The van der Waals surface area contributed by atoms with Gasteiger partial charge in [-0.1, -0.05) is 0 Å². The maximum atomic E-state index is 13.3. The first-order chi connectivity index (χ1) is 9.11. The Hall–Kier alpha value is -2.11. The fraction of sp³-hybridized carbons (Fsp3) is 0.385. The summed E-state index contributed by atoms with van der Waals surface area (Å²) in [7, 11) is 1.24. The molecular formula is C13H13FO5. The number of cyclic esters (lactones) is 1. The Balaban J connectivity index is 2.22. The highest BCUT2D eigenvalue weighted by Gasteiger charge is 2.31. The summed E-state index contributed by atoms with van der Waals surface area (Å²) in [6.07, 6.45) is 0.469. The molecule has 0 aromatic heterocycles. The molecule has 1 atom stereocenters. The van der Waals surface area contributed by atoms with E-state index in [-0.39, 0.29) is 12.4 Å². The third kappa shape index (κ3) is 3.01. The topological polar surface area (TPSA) is 61.8 Å². The summed E-state index contributed by atoms with van der Waals surface area (Å²) in [5, 5.41) is 0. The van der Waals surface area contributed by atoms with Crippen LogP contribution in [0.2, 0.25) is 0 Å². The smallest absolute Gasteiger partial charge is 0.343 e. The lowest BCUT2D eigenvalue weighted by atomic mass is 9.97. The molecule has 1 aliphatic heterocycles. The SMILES string of the molecule is COC(=O)COc1ccc(F)cc1C1CCOC1=O. The average Bonchev–Trinajstić information content (AvgIpc) is 2.83. The van der Waals surface area contributed by atoms with Gasteiger partial charge in [0.25, 0.3) is 0 Å². The second kappa shape index (κ2) is 5.69. The number of methoxy groups -OCH3 is 1. The van der Waals surface area contributed by atoms with Gasteiger partial charge in [-0.3, -0.25) is 4.79 Å². The minimum Gasteiger partial charge on any atom is -0.482 e. The van der Waals surface area contributed by atoms with Crippen LogP contribution in [-0.4, -0.2) is 32.3 Å². The highest BCUT2D eigenvalue weighted by atomic mass is 19.1. The first-order valence-electron chi connectivity index (χ1n) is 5.77. The van der Waals surface area contributed by atoms with E-state index in [0.717, 1.165) is 0 Å². The van der Waals surface area contributed by atoms with E-state index in [9.17, 15) is 14.0 Å². The van der Waals surface area contributed by atoms with Crippen LogP contribution in [0, 0.1) is 5.82 Å². The molecule has 0 N–H and O–H groups in total. The molecule has 1 saturated heterocycles. The molecule has 1 aromatic rings. The zero-order valence-electron chi connectivity index (χ0n) is 10.3. The van der Waals surface area contributed by atoms with Crippen molar-refractivity contribution in [2.75, 3.05) is 20.3 Å². The van der Waals surface area contributed by atoms with Crippen molar-refractivity contribution in [3.05, 3.63) is 29.6 Å². The number of carbonyl (C=O) groups excluding carboxylic acids is 2. The molecule has 1 aliphatic rings. The summed E-state index contributed by atoms with van der Waals surface area (Å²) in [5.41, 5.74) is 0.395. The molecular weight excluding hydrogens is 255 g/mol. The molecule has 0 amide bonds. The third-order valence-electron chi connectivity index (χ3n) is 2.86. The number of ether oxygens (including phenoxy) is 3. The van der Waals surface area contributed by atoms with E-state index >= 15 is 0 Å². The van der Waals surface area contributed by atoms with Crippen LogP contribution < -0.4 is 4.74 Å². The zero-order valence-corrected chi connectivity index (χ0v) is 10.3. The molecule has 1 fully saturated rings. The zero-order chi connectivity index (χ0) is 13.8. The molecule has 0 saturated carbocycles. The Bertz CT molecular complexity index is 500. The summed E-state index contributed by atoms with van der Waals surface area (Å²) in [5.74, 6) is -1.70. The highest BCUT2D eigenvalue weighted by Crippen LogP contribution is 2.33. The Morgan fingerprint density at radius 2 is 2.32 bits per heavy atom. The lowest BCUT2D eigenvalue weighted by molar-refractivity contribution is -0.142. The van der Waals surface area contributed by atoms with Crippen molar-refractivity contribution < 1.29 is 28.2 Å². The maximum Gasteiger partial charge on any atom is 0.343 e. The summed E-state index contributed by atoms with van der Waals surface area (Å²) in [6, 6.07) is 3.82. The molecule has 0 radical (unpaired) electrons. The summed E-state index contributed by atoms with van der Waals surface area (Å²) >= 11 is 0. The van der Waals surface area contributed by atoms with Gasteiger partial charge in [0.05, 0.1) is 19.6 Å². The summed E-state index contributed by atoms with van der Waals surface area (Å²) in [6.45, 7) is 0.00730. The second-order valence-corrected chi connectivity index (χ2v) is 4.06. The Labute approximate surface area is 109 Å². The van der Waals surface area contributed by atoms with Crippen LogP contribution in [0.3, 0.4) is 0 Å². The van der Waals surface area contributed by atoms with Crippen molar-refractivity contribution in [2.45, 2.75) is 12.3 Å². The van der Waals surface area contributed by atoms with E-state index in [2.05, 4.69) is 4.74 Å². The van der Waals surface area contributed by atoms with E-state index in [1.807, 2.05) is 0 Å². The minimum atomic E-state index is -0.552. The van der Waals surface area contributed by atoms with Gasteiger partial charge in [-0.25, -0.2) is 9.18 Å². The van der Waals surface area contributed by atoms with Crippen molar-refractivity contribution in [1.29, 1.82) is 0 Å². The largest absolute Gasteiger partial charge is 0.482 e. The Morgan fingerprint density at radius 1 is 1.53 bits per heavy atom. The standard InChI is InChI=1S/C13H13FO5/c1-17-12(15)7-19-11-3-2-8(14)6-10(11)9-4-5-18-13(9)16/h2-3,6,9H,4-5,7H2,1H3. The quantitative estimate of drug-likeness (QED) is 0.773. The first kappa shape index (κ1) is 13.3. The van der Waals surface area contributed by atoms with Gasteiger partial charge < -0.3 is 14.2 Å². The van der Waals surface area contributed by atoms with Gasteiger partial charge in [-0.2, -0.15) is 0 Å². The minimum absolute atomic E-state index is 0.288. The van der Waals surface area contributed by atoms with E-state index in [0.29, 0.717) is 18.6 Å². The van der Waals surface area contributed by atoms with E-state index in [1.54, 1.807) is 0 Å². The molecule has 0 bridgehead atoms. The summed E-state index contributed by atoms with van der Waals surface area (Å²) < 4.78 is 27.9. The third-order valence-corrected chi connectivity index (χ3v) is 2.86. The van der Waals surface area contributed by atoms with Crippen molar-refractivity contribution in [3.63, 3.8) is 0 Å². The normalized spacial score (nSPS) is 18.0. The van der Waals surface area contributed by atoms with Crippen LogP contribution in [0.15, 0.2) is 18.2 Å². The molecule has 1 aromatic carbocycles. The number of benzene rings is 1. The van der Waals surface area contributed by atoms with E-state index in [1.165, 1.54) is 25.3 Å². The van der Waals surface area contributed by atoms with Crippen LogP contribution in [0.25, 0.3) is 0 Å². The molecule has 5 nitrogen and oxygen atoms in total. The van der Waals surface area contributed by atoms with E-state index < -0.39 is 23.7 Å². The van der Waals surface area contributed by atoms with Gasteiger partial charge in [0.15, 0.2) is 6.61 Å². The van der Waals surface area contributed by atoms with Gasteiger partial charge in [-0.05, 0) is 24.6 Å². The van der Waals surface area contributed by atoms with Crippen molar-refractivity contribution in [3.8, 4) is 5.75 Å². The van der Waals surface area contributed by atoms with Gasteiger partial charge in [-0.15, -0.1) is 0 Å². The van der Waals surface area contributed by atoms with Crippen molar-refractivity contribution in [1.82, 2.24) is 0 Å². The van der Waals surface area contributed by atoms with Crippen molar-refractivity contribution >= 4 is 11.9 Å². The van der Waals surface area contributed by atoms with Crippen LogP contribution in [0.5, 0.6) is 5.75 Å². The fourth-order valence-corrected chi connectivity index (χ4v) is 1.90. The average molecular weight is 268 g/mol. The summed E-state index contributed by atoms with van der Waals surface area (Å²) in [4.78, 5) is 22.6. The van der Waals surface area contributed by atoms with Gasteiger partial charge in [0.2, 0.25) is 0 Å². The molecule has 6 heteroatoms. The molecule has 2 rings (SSSR count). The lowest BCUT2D eigenvalue weighted by Gasteiger charge is -2.13. The molecule has 0 aliphatic carbocycles.